The fourth-order valence-electron chi connectivity index (χ4n) is 2.20. The van der Waals surface area contributed by atoms with E-state index in [-0.39, 0.29) is 11.5 Å². The van der Waals surface area contributed by atoms with E-state index in [1.54, 1.807) is 6.20 Å². The molecule has 0 aliphatic carbocycles. The number of nitrogens with two attached hydrogens (primary N) is 1. The van der Waals surface area contributed by atoms with Gasteiger partial charge in [-0.25, -0.2) is 9.50 Å². The summed E-state index contributed by atoms with van der Waals surface area (Å²) in [6, 6.07) is 2.41. The van der Waals surface area contributed by atoms with Gasteiger partial charge >= 0.3 is 0 Å². The van der Waals surface area contributed by atoms with E-state index in [1.165, 1.54) is 0 Å². The van der Waals surface area contributed by atoms with Gasteiger partial charge in [0.2, 0.25) is 0 Å². The summed E-state index contributed by atoms with van der Waals surface area (Å²) in [6.45, 7) is 8.26. The van der Waals surface area contributed by atoms with Crippen LogP contribution in [0.2, 0.25) is 0 Å². The third-order valence-corrected chi connectivity index (χ3v) is 3.35. The summed E-state index contributed by atoms with van der Waals surface area (Å²) in [4.78, 5) is 6.67. The van der Waals surface area contributed by atoms with E-state index < -0.39 is 0 Å². The van der Waals surface area contributed by atoms with Crippen molar-refractivity contribution < 1.29 is 0 Å². The topological polar surface area (TPSA) is 59.5 Å². The average molecular weight is 245 g/mol. The van der Waals surface area contributed by atoms with Crippen LogP contribution in [-0.2, 0) is 5.41 Å². The second-order valence-electron chi connectivity index (χ2n) is 6.03. The summed E-state index contributed by atoms with van der Waals surface area (Å²) < 4.78 is 1.91. The van der Waals surface area contributed by atoms with E-state index >= 15 is 0 Å². The molecule has 0 unspecified atom stereocenters. The molecule has 2 aromatic rings. The highest BCUT2D eigenvalue weighted by Crippen LogP contribution is 2.27. The molecule has 1 aliphatic rings. The lowest BCUT2D eigenvalue weighted by atomic mass is 9.92. The maximum absolute atomic E-state index is 5.83. The standard InChI is InChI=1S/C13H19N5/c1-13(2,3)11-6-10-12(17-7-9(14)8-17)15-4-5-18(10)16-11/h4-6,9H,7-8,14H2,1-3H3. The first-order valence-electron chi connectivity index (χ1n) is 6.30. The van der Waals surface area contributed by atoms with Gasteiger partial charge in [0.05, 0.1) is 5.69 Å². The number of anilines is 1. The first-order chi connectivity index (χ1) is 8.45. The van der Waals surface area contributed by atoms with Gasteiger partial charge in [0.1, 0.15) is 5.52 Å². The molecule has 5 nitrogen and oxygen atoms in total. The molecule has 0 saturated carbocycles. The Morgan fingerprint density at radius 3 is 2.67 bits per heavy atom. The first kappa shape index (κ1) is 11.5. The van der Waals surface area contributed by atoms with Crippen molar-refractivity contribution in [3.8, 4) is 0 Å². The highest BCUT2D eigenvalue weighted by atomic mass is 15.3. The van der Waals surface area contributed by atoms with Crippen LogP contribution in [0.4, 0.5) is 5.82 Å². The molecule has 0 aromatic carbocycles. The summed E-state index contributed by atoms with van der Waals surface area (Å²) >= 11 is 0. The second-order valence-corrected chi connectivity index (χ2v) is 6.03. The minimum atomic E-state index is 0.0502. The van der Waals surface area contributed by atoms with Crippen molar-refractivity contribution >= 4 is 11.3 Å². The maximum atomic E-state index is 5.83. The van der Waals surface area contributed by atoms with Crippen molar-refractivity contribution in [1.29, 1.82) is 0 Å². The van der Waals surface area contributed by atoms with E-state index in [0.717, 1.165) is 30.1 Å². The number of fused-ring (bicyclic) bond motifs is 1. The van der Waals surface area contributed by atoms with Gasteiger partial charge in [-0.15, -0.1) is 0 Å². The van der Waals surface area contributed by atoms with Crippen LogP contribution in [0, 0.1) is 0 Å². The molecule has 1 fully saturated rings. The zero-order chi connectivity index (χ0) is 12.9. The minimum Gasteiger partial charge on any atom is -0.352 e. The van der Waals surface area contributed by atoms with E-state index in [2.05, 4.69) is 41.8 Å². The van der Waals surface area contributed by atoms with Crippen LogP contribution in [0.25, 0.3) is 5.52 Å². The van der Waals surface area contributed by atoms with Crippen LogP contribution in [0.15, 0.2) is 18.5 Å². The molecule has 2 aromatic heterocycles. The van der Waals surface area contributed by atoms with E-state index in [0.29, 0.717) is 0 Å². The van der Waals surface area contributed by atoms with Crippen molar-refractivity contribution in [2.45, 2.75) is 32.2 Å². The van der Waals surface area contributed by atoms with Crippen molar-refractivity contribution in [1.82, 2.24) is 14.6 Å². The highest BCUT2D eigenvalue weighted by molar-refractivity contribution is 5.70. The number of nitrogens with zero attached hydrogens (tertiary/aromatic N) is 4. The zero-order valence-corrected chi connectivity index (χ0v) is 11.1. The van der Waals surface area contributed by atoms with Crippen LogP contribution < -0.4 is 10.6 Å². The molecule has 96 valence electrons. The summed E-state index contributed by atoms with van der Waals surface area (Å²) in [5.41, 5.74) is 8.03. The molecular weight excluding hydrogens is 226 g/mol. The van der Waals surface area contributed by atoms with Gasteiger partial charge in [-0.2, -0.15) is 5.10 Å². The molecule has 2 N–H and O–H groups in total. The Morgan fingerprint density at radius 2 is 2.06 bits per heavy atom. The van der Waals surface area contributed by atoms with Gasteiger partial charge in [0.15, 0.2) is 5.82 Å². The smallest absolute Gasteiger partial charge is 0.154 e. The van der Waals surface area contributed by atoms with Crippen LogP contribution in [-0.4, -0.2) is 33.7 Å². The predicted molar refractivity (Wildman–Crippen MR) is 71.9 cm³/mol. The summed E-state index contributed by atoms with van der Waals surface area (Å²) in [7, 11) is 0. The largest absolute Gasteiger partial charge is 0.352 e. The quantitative estimate of drug-likeness (QED) is 0.819. The average Bonchev–Trinajstić information content (AvgIpc) is 2.68. The summed E-state index contributed by atoms with van der Waals surface area (Å²) in [5.74, 6) is 0.988. The molecule has 5 heteroatoms. The third kappa shape index (κ3) is 1.75. The Kier molecular flexibility index (Phi) is 2.35. The lowest BCUT2D eigenvalue weighted by Crippen LogP contribution is -2.56. The van der Waals surface area contributed by atoms with Crippen molar-refractivity contribution in [3.05, 3.63) is 24.2 Å². The SMILES string of the molecule is CC(C)(C)c1cc2c(N3CC(N)C3)nccn2n1. The van der Waals surface area contributed by atoms with Gasteiger partial charge in [0, 0.05) is 36.9 Å². The van der Waals surface area contributed by atoms with Crippen molar-refractivity contribution in [2.75, 3.05) is 18.0 Å². The first-order valence-corrected chi connectivity index (χ1v) is 6.30. The Labute approximate surface area is 107 Å². The molecule has 0 spiro atoms. The normalized spacial score (nSPS) is 17.2. The molecule has 1 aliphatic heterocycles. The maximum Gasteiger partial charge on any atom is 0.154 e. The molecule has 0 atom stereocenters. The number of hydrogen-bond donors (Lipinski definition) is 1. The summed E-state index contributed by atoms with van der Waals surface area (Å²) in [5, 5.41) is 4.62. The van der Waals surface area contributed by atoms with Crippen LogP contribution in [0.5, 0.6) is 0 Å². The van der Waals surface area contributed by atoms with Gasteiger partial charge in [0.25, 0.3) is 0 Å². The van der Waals surface area contributed by atoms with Crippen molar-refractivity contribution in [2.24, 2.45) is 5.73 Å². The molecule has 18 heavy (non-hydrogen) atoms. The van der Waals surface area contributed by atoms with E-state index in [1.807, 2.05) is 10.7 Å². The predicted octanol–water partition coefficient (Wildman–Crippen LogP) is 1.17. The monoisotopic (exact) mass is 245 g/mol. The molecule has 3 heterocycles. The lowest BCUT2D eigenvalue weighted by Gasteiger charge is -2.37. The lowest BCUT2D eigenvalue weighted by molar-refractivity contribution is 0.515. The Balaban J connectivity index is 2.07. The minimum absolute atomic E-state index is 0.0502. The van der Waals surface area contributed by atoms with Crippen molar-refractivity contribution in [3.63, 3.8) is 0 Å². The second kappa shape index (κ2) is 3.68. The van der Waals surface area contributed by atoms with Gasteiger partial charge in [-0.3, -0.25) is 0 Å². The van der Waals surface area contributed by atoms with E-state index in [4.69, 9.17) is 5.73 Å². The summed E-state index contributed by atoms with van der Waals surface area (Å²) in [6.07, 6.45) is 3.69. The fourth-order valence-corrected chi connectivity index (χ4v) is 2.20. The molecular formula is C13H19N5. The molecule has 0 bridgehead atoms. The van der Waals surface area contributed by atoms with Crippen LogP contribution in [0.1, 0.15) is 26.5 Å². The molecule has 0 radical (unpaired) electrons. The van der Waals surface area contributed by atoms with Gasteiger partial charge in [-0.1, -0.05) is 20.8 Å². The fraction of sp³-hybridized carbons (Fsp3) is 0.538. The number of aromatic nitrogens is 3. The Bertz CT molecular complexity index is 575. The Morgan fingerprint density at radius 1 is 1.33 bits per heavy atom. The zero-order valence-electron chi connectivity index (χ0n) is 11.1. The van der Waals surface area contributed by atoms with Crippen LogP contribution in [0.3, 0.4) is 0 Å². The molecule has 1 saturated heterocycles. The highest BCUT2D eigenvalue weighted by Gasteiger charge is 2.27. The number of hydrogen-bond acceptors (Lipinski definition) is 4. The number of rotatable bonds is 1. The van der Waals surface area contributed by atoms with E-state index in [9.17, 15) is 0 Å². The molecule has 3 rings (SSSR count). The van der Waals surface area contributed by atoms with Gasteiger partial charge in [-0.05, 0) is 6.07 Å². The Hall–Kier alpha value is -1.62. The molecule has 0 amide bonds. The van der Waals surface area contributed by atoms with Crippen LogP contribution >= 0.6 is 0 Å². The van der Waals surface area contributed by atoms with Gasteiger partial charge < -0.3 is 10.6 Å². The third-order valence-electron chi connectivity index (χ3n) is 3.35.